The van der Waals surface area contributed by atoms with Gasteiger partial charge in [0.2, 0.25) is 5.66 Å². The van der Waals surface area contributed by atoms with E-state index in [1.165, 1.54) is 0 Å². The van der Waals surface area contributed by atoms with E-state index in [1.807, 2.05) is 0 Å². The minimum Gasteiger partial charge on any atom is -0.481 e. The number of carboxylic acid groups (broad SMARTS) is 2. The highest BCUT2D eigenvalue weighted by Crippen LogP contribution is 2.38. The predicted molar refractivity (Wildman–Crippen MR) is 98.6 cm³/mol. The highest BCUT2D eigenvalue weighted by Gasteiger charge is 2.48. The van der Waals surface area contributed by atoms with Crippen molar-refractivity contribution in [3.8, 4) is 22.6 Å². The van der Waals surface area contributed by atoms with Crippen LogP contribution < -0.4 is 10.9 Å². The summed E-state index contributed by atoms with van der Waals surface area (Å²) in [4.78, 5) is 40.4. The zero-order valence-corrected chi connectivity index (χ0v) is 14.4. The Balaban J connectivity index is 2.07. The lowest BCUT2D eigenvalue weighted by Crippen LogP contribution is -2.54. The summed E-state index contributed by atoms with van der Waals surface area (Å²) in [6.07, 6.45) is -0.810. The van der Waals surface area contributed by atoms with E-state index in [0.29, 0.717) is 16.8 Å². The summed E-state index contributed by atoms with van der Waals surface area (Å²) in [5.41, 5.74) is -1.59. The minimum absolute atomic E-state index is 0.0114. The molecule has 140 valence electrons. The molecule has 9 heteroatoms. The van der Waals surface area contributed by atoms with Gasteiger partial charge in [-0.05, 0) is 12.1 Å². The Kier molecular flexibility index (Phi) is 3.92. The van der Waals surface area contributed by atoms with E-state index in [0.717, 1.165) is 4.68 Å². The molecular formula is C19H14N4O5. The number of carboxylic acids is 2. The number of para-hydroxylation sites is 1. The number of aliphatic carboxylic acids is 2. The standard InChI is InChI=1S/C19H14N4O5/c24-14(25)10-19(18(27)28)21-13-9-5-4-8-12(13)16-20-17(26)15(22-23(16)19)11-6-2-1-3-7-11/h1-9,21H,10H2,(H,24,25)(H,27,28). The van der Waals surface area contributed by atoms with Crippen molar-refractivity contribution in [3.63, 3.8) is 0 Å². The first kappa shape index (κ1) is 17.4. The largest absolute Gasteiger partial charge is 0.481 e. The highest BCUT2D eigenvalue weighted by molar-refractivity contribution is 5.90. The van der Waals surface area contributed by atoms with Gasteiger partial charge in [-0.3, -0.25) is 9.59 Å². The van der Waals surface area contributed by atoms with Gasteiger partial charge in [0.25, 0.3) is 5.56 Å². The molecule has 0 saturated heterocycles. The van der Waals surface area contributed by atoms with Gasteiger partial charge in [0.05, 0.1) is 0 Å². The van der Waals surface area contributed by atoms with E-state index in [9.17, 15) is 24.6 Å². The lowest BCUT2D eigenvalue weighted by atomic mass is 9.99. The van der Waals surface area contributed by atoms with Crippen LogP contribution in [0.4, 0.5) is 5.69 Å². The number of hydrogen-bond donors (Lipinski definition) is 3. The first-order valence-corrected chi connectivity index (χ1v) is 8.32. The second-order valence-corrected chi connectivity index (χ2v) is 6.27. The first-order chi connectivity index (χ1) is 13.4. The van der Waals surface area contributed by atoms with Crippen LogP contribution in [0.15, 0.2) is 59.4 Å². The Morgan fingerprint density at radius 1 is 1.04 bits per heavy atom. The summed E-state index contributed by atoms with van der Waals surface area (Å²) < 4.78 is 0.982. The van der Waals surface area contributed by atoms with Crippen molar-refractivity contribution in [2.45, 2.75) is 12.1 Å². The number of anilines is 1. The van der Waals surface area contributed by atoms with Gasteiger partial charge in [-0.1, -0.05) is 42.5 Å². The number of hydrogen-bond acceptors (Lipinski definition) is 6. The lowest BCUT2D eigenvalue weighted by Gasteiger charge is -2.37. The average molecular weight is 378 g/mol. The van der Waals surface area contributed by atoms with Gasteiger partial charge in [-0.15, -0.1) is 0 Å². The van der Waals surface area contributed by atoms with Crippen LogP contribution in [-0.4, -0.2) is 36.9 Å². The SMILES string of the molecule is O=C(O)CC1(C(=O)O)Nc2ccccc2-c2nc(=O)c(-c3ccccc3)nn21. The summed E-state index contributed by atoms with van der Waals surface area (Å²) in [5, 5.41) is 26.3. The van der Waals surface area contributed by atoms with Crippen molar-refractivity contribution in [2.24, 2.45) is 0 Å². The number of fused-ring (bicyclic) bond motifs is 3. The molecule has 3 N–H and O–H groups in total. The fourth-order valence-electron chi connectivity index (χ4n) is 3.22. The molecule has 1 aliphatic rings. The predicted octanol–water partition coefficient (Wildman–Crippen LogP) is 1.61. The molecule has 1 aromatic heterocycles. The molecule has 0 radical (unpaired) electrons. The Morgan fingerprint density at radius 3 is 2.39 bits per heavy atom. The Morgan fingerprint density at radius 2 is 1.71 bits per heavy atom. The van der Waals surface area contributed by atoms with Gasteiger partial charge < -0.3 is 15.5 Å². The quantitative estimate of drug-likeness (QED) is 0.623. The maximum atomic E-state index is 12.6. The smallest absolute Gasteiger partial charge is 0.353 e. The van der Waals surface area contributed by atoms with Gasteiger partial charge in [0.1, 0.15) is 6.42 Å². The van der Waals surface area contributed by atoms with E-state index < -0.39 is 29.6 Å². The topological polar surface area (TPSA) is 134 Å². The van der Waals surface area contributed by atoms with Crippen LogP contribution in [0.1, 0.15) is 6.42 Å². The Bertz CT molecular complexity index is 1160. The molecule has 2 heterocycles. The number of carbonyl (C=O) groups is 2. The van der Waals surface area contributed by atoms with Gasteiger partial charge >= 0.3 is 11.9 Å². The fraction of sp³-hybridized carbons (Fsp3) is 0.105. The summed E-state index contributed by atoms with van der Waals surface area (Å²) in [6, 6.07) is 15.1. The summed E-state index contributed by atoms with van der Waals surface area (Å²) in [6.45, 7) is 0. The van der Waals surface area contributed by atoms with Gasteiger partial charge in [-0.2, -0.15) is 10.1 Å². The maximum Gasteiger partial charge on any atom is 0.353 e. The number of nitrogens with one attached hydrogen (secondary N) is 1. The zero-order valence-electron chi connectivity index (χ0n) is 14.4. The molecule has 0 aliphatic carbocycles. The molecule has 0 amide bonds. The monoisotopic (exact) mass is 378 g/mol. The second kappa shape index (κ2) is 6.31. The van der Waals surface area contributed by atoms with Gasteiger partial charge in [0, 0.05) is 16.8 Å². The third-order valence-corrected chi connectivity index (χ3v) is 4.49. The minimum atomic E-state index is -2.14. The van der Waals surface area contributed by atoms with Crippen molar-refractivity contribution >= 4 is 17.6 Å². The fourth-order valence-corrected chi connectivity index (χ4v) is 3.22. The van der Waals surface area contributed by atoms with Crippen molar-refractivity contribution in [2.75, 3.05) is 5.32 Å². The van der Waals surface area contributed by atoms with E-state index in [-0.39, 0.29) is 11.5 Å². The molecule has 9 nitrogen and oxygen atoms in total. The molecule has 28 heavy (non-hydrogen) atoms. The number of aromatic nitrogens is 3. The Hall–Kier alpha value is -4.01. The van der Waals surface area contributed by atoms with Gasteiger partial charge in [-0.25, -0.2) is 9.48 Å². The number of nitrogens with zero attached hydrogens (tertiary/aromatic N) is 3. The van der Waals surface area contributed by atoms with Gasteiger partial charge in [0.15, 0.2) is 11.5 Å². The van der Waals surface area contributed by atoms with Crippen LogP contribution in [-0.2, 0) is 15.3 Å². The molecule has 0 saturated carbocycles. The first-order valence-electron chi connectivity index (χ1n) is 8.32. The molecule has 1 atom stereocenters. The van der Waals surface area contributed by atoms with Crippen LogP contribution in [0.25, 0.3) is 22.6 Å². The van der Waals surface area contributed by atoms with Crippen LogP contribution in [0.2, 0.25) is 0 Å². The van der Waals surface area contributed by atoms with Crippen molar-refractivity contribution < 1.29 is 19.8 Å². The molecule has 0 spiro atoms. The van der Waals surface area contributed by atoms with Crippen molar-refractivity contribution in [1.29, 1.82) is 0 Å². The van der Waals surface area contributed by atoms with Crippen LogP contribution in [0.5, 0.6) is 0 Å². The Labute approximate surface area is 157 Å². The molecule has 1 aliphatic heterocycles. The summed E-state index contributed by atoms with van der Waals surface area (Å²) >= 11 is 0. The normalized spacial score (nSPS) is 17.1. The highest BCUT2D eigenvalue weighted by atomic mass is 16.4. The third-order valence-electron chi connectivity index (χ3n) is 4.49. The van der Waals surface area contributed by atoms with Crippen LogP contribution in [0.3, 0.4) is 0 Å². The second-order valence-electron chi connectivity index (χ2n) is 6.27. The summed E-state index contributed by atoms with van der Waals surface area (Å²) in [5.74, 6) is -2.81. The molecule has 1 unspecified atom stereocenters. The van der Waals surface area contributed by atoms with Crippen LogP contribution >= 0.6 is 0 Å². The zero-order chi connectivity index (χ0) is 19.9. The van der Waals surface area contributed by atoms with E-state index in [2.05, 4.69) is 15.4 Å². The molecule has 0 bridgehead atoms. The summed E-state index contributed by atoms with van der Waals surface area (Å²) in [7, 11) is 0. The lowest BCUT2D eigenvalue weighted by molar-refractivity contribution is -0.153. The molecule has 4 rings (SSSR count). The van der Waals surface area contributed by atoms with Crippen molar-refractivity contribution in [3.05, 3.63) is 65.0 Å². The van der Waals surface area contributed by atoms with Crippen LogP contribution in [0, 0.1) is 0 Å². The number of benzene rings is 2. The van der Waals surface area contributed by atoms with E-state index in [4.69, 9.17) is 0 Å². The molecular weight excluding hydrogens is 364 g/mol. The van der Waals surface area contributed by atoms with Crippen molar-refractivity contribution in [1.82, 2.24) is 14.8 Å². The van der Waals surface area contributed by atoms with E-state index in [1.54, 1.807) is 54.6 Å². The average Bonchev–Trinajstić information content (AvgIpc) is 2.67. The molecule has 2 aromatic carbocycles. The van der Waals surface area contributed by atoms with E-state index >= 15 is 0 Å². The third kappa shape index (κ3) is 2.60. The molecule has 3 aromatic rings. The number of rotatable bonds is 4. The maximum absolute atomic E-state index is 12.6. The molecule has 0 fully saturated rings.